The largest absolute Gasteiger partial charge is 0.467 e. The second-order valence-corrected chi connectivity index (χ2v) is 17.2. The van der Waals surface area contributed by atoms with Crippen molar-refractivity contribution < 1.29 is 14.4 Å². The van der Waals surface area contributed by atoms with Gasteiger partial charge < -0.3 is 20.1 Å². The molecule has 8 heteroatoms. The van der Waals surface area contributed by atoms with Crippen LogP contribution in [-0.2, 0) is 18.5 Å². The Balaban J connectivity index is 0.00000228. The van der Waals surface area contributed by atoms with Gasteiger partial charge in [-0.15, -0.1) is 0 Å². The molecule has 5 aromatic rings. The van der Waals surface area contributed by atoms with E-state index in [1.54, 1.807) is 12.1 Å². The number of nitro groups is 1. The van der Waals surface area contributed by atoms with Crippen LogP contribution in [0.15, 0.2) is 145 Å². The van der Waals surface area contributed by atoms with E-state index in [0.29, 0.717) is 17.9 Å². The van der Waals surface area contributed by atoms with E-state index in [-0.39, 0.29) is 22.1 Å². The van der Waals surface area contributed by atoms with E-state index >= 15 is 0 Å². The topological polar surface area (TPSA) is 94.1 Å². The molecule has 8 nitrogen and oxygen atoms in total. The van der Waals surface area contributed by atoms with Gasteiger partial charge in [0.05, 0.1) is 10.3 Å². The van der Waals surface area contributed by atoms with Crippen molar-refractivity contribution in [3.63, 3.8) is 0 Å². The molecule has 304 valence electrons. The lowest BCUT2D eigenvalue weighted by atomic mass is 9.74. The number of rotatable bonds is 6. The van der Waals surface area contributed by atoms with Crippen molar-refractivity contribution in [1.29, 1.82) is 0 Å². The first-order chi connectivity index (χ1) is 28.9. The van der Waals surface area contributed by atoms with Crippen molar-refractivity contribution in [3.05, 3.63) is 183 Å². The molecule has 5 aromatic carbocycles. The van der Waals surface area contributed by atoms with Gasteiger partial charge in [0.2, 0.25) is 5.72 Å². The van der Waals surface area contributed by atoms with Gasteiger partial charge in [-0.05, 0) is 108 Å². The smallest absolute Gasteiger partial charge is 0.270 e. The molecule has 5 aliphatic rings. The predicted molar refractivity (Wildman–Crippen MR) is 243 cm³/mol. The van der Waals surface area contributed by atoms with Crippen LogP contribution in [0.3, 0.4) is 0 Å². The van der Waals surface area contributed by atoms with Crippen molar-refractivity contribution in [1.82, 2.24) is 4.90 Å². The zero-order valence-electron chi connectivity index (χ0n) is 35.2. The zero-order valence-corrected chi connectivity index (χ0v) is 35.2. The summed E-state index contributed by atoms with van der Waals surface area (Å²) in [7, 11) is 0. The molecule has 2 spiro atoms. The Morgan fingerprint density at radius 1 is 0.733 bits per heavy atom. The molecular formula is C52H52N4O4. The lowest BCUT2D eigenvalue weighted by molar-refractivity contribution is -0.384. The summed E-state index contributed by atoms with van der Waals surface area (Å²) in [6.45, 7) is 14.4. The number of nitrogens with two attached hydrogens (primary N) is 1. The number of allylic oxidation sites excluding steroid dienone is 2. The van der Waals surface area contributed by atoms with Crippen molar-refractivity contribution in [2.75, 3.05) is 10.6 Å². The Kier molecular flexibility index (Phi) is 9.39. The molecule has 3 unspecified atom stereocenters. The summed E-state index contributed by atoms with van der Waals surface area (Å²) in [5.41, 5.74) is 14.8. The molecule has 0 amide bonds. The maximum absolute atomic E-state index is 11.5. The number of nitrogens with zero attached hydrogens (tertiary/aromatic N) is 3. The van der Waals surface area contributed by atoms with E-state index in [9.17, 15) is 10.1 Å². The van der Waals surface area contributed by atoms with Crippen LogP contribution in [0.25, 0.3) is 23.3 Å². The number of para-hydroxylation sites is 1. The zero-order chi connectivity index (χ0) is 42.0. The molecule has 0 bridgehead atoms. The second kappa shape index (κ2) is 14.4. The Morgan fingerprint density at radius 3 is 2.02 bits per heavy atom. The van der Waals surface area contributed by atoms with Gasteiger partial charge in [-0.2, -0.15) is 0 Å². The van der Waals surface area contributed by atoms with Crippen molar-refractivity contribution >= 4 is 29.2 Å². The summed E-state index contributed by atoms with van der Waals surface area (Å²) < 4.78 is 14.0. The fourth-order valence-electron chi connectivity index (χ4n) is 10.1. The Morgan fingerprint density at radius 2 is 1.33 bits per heavy atom. The molecule has 3 atom stereocenters. The average Bonchev–Trinajstić information content (AvgIpc) is 3.55. The van der Waals surface area contributed by atoms with E-state index in [2.05, 4.69) is 147 Å². The first-order valence-corrected chi connectivity index (χ1v) is 21.0. The molecule has 0 saturated carbocycles. The molecule has 1 aliphatic carbocycles. The maximum atomic E-state index is 11.5. The van der Waals surface area contributed by atoms with Crippen LogP contribution in [0, 0.1) is 15.5 Å². The Labute approximate surface area is 353 Å². The third kappa shape index (κ3) is 5.91. The SMILES string of the molecule is CC.CC1(C)C2=CC=CCC2N(Cc2ccc(-c3ccc(CN4c5ccccc5C(C)(C)C45C=Cc4cc([N+](=O)[O-])ccc4O5)cc3)cc2)C12C=Cc1cc(N)ccc1O2. The number of fused-ring (bicyclic) bond motifs is 4. The van der Waals surface area contributed by atoms with Crippen LogP contribution < -0.4 is 20.1 Å². The first-order valence-electron chi connectivity index (χ1n) is 21.0. The lowest BCUT2D eigenvalue weighted by Gasteiger charge is -2.47. The second-order valence-electron chi connectivity index (χ2n) is 17.2. The highest BCUT2D eigenvalue weighted by atomic mass is 16.6. The average molecular weight is 797 g/mol. The molecule has 1 fully saturated rings. The minimum absolute atomic E-state index is 0.0465. The number of nitrogen functional groups attached to an aromatic ring is 1. The maximum Gasteiger partial charge on any atom is 0.270 e. The van der Waals surface area contributed by atoms with Crippen molar-refractivity contribution in [2.24, 2.45) is 5.41 Å². The van der Waals surface area contributed by atoms with E-state index < -0.39 is 16.9 Å². The number of nitro benzene ring substituents is 1. The highest BCUT2D eigenvalue weighted by molar-refractivity contribution is 5.74. The van der Waals surface area contributed by atoms with E-state index in [1.807, 2.05) is 38.1 Å². The molecule has 10 rings (SSSR count). The highest BCUT2D eigenvalue weighted by Gasteiger charge is 2.62. The minimum atomic E-state index is -0.836. The van der Waals surface area contributed by atoms with Gasteiger partial charge in [-0.25, -0.2) is 0 Å². The highest BCUT2D eigenvalue weighted by Crippen LogP contribution is 2.58. The van der Waals surface area contributed by atoms with Gasteiger partial charge in [0, 0.05) is 59.2 Å². The number of likely N-dealkylation sites (tertiary alicyclic amines) is 1. The molecule has 4 aliphatic heterocycles. The van der Waals surface area contributed by atoms with Gasteiger partial charge >= 0.3 is 0 Å². The van der Waals surface area contributed by atoms with Gasteiger partial charge in [-0.3, -0.25) is 15.0 Å². The third-order valence-electron chi connectivity index (χ3n) is 13.4. The summed E-state index contributed by atoms with van der Waals surface area (Å²) in [5.74, 6) is 1.49. The number of benzene rings is 5. The standard InChI is InChI=1S/C50H46N4O4.C2H6/c1-47(2)41-9-5-7-11-43(41)52(49(47)27-25-37-29-39(51)21-23-45(37)57-49)31-33-13-17-35(18-14-33)36-19-15-34(16-20-36)32-53-44-12-8-6-10-42(44)48(3,4)50(53)28-26-38-30-40(54(55)56)22-24-46(38)58-50;1-2/h5-10,12-30,43H,11,31-32,51H2,1-4H3;1-2H3. The van der Waals surface area contributed by atoms with E-state index in [4.69, 9.17) is 15.2 Å². The van der Waals surface area contributed by atoms with E-state index in [0.717, 1.165) is 52.3 Å². The predicted octanol–water partition coefficient (Wildman–Crippen LogP) is 11.9. The fraction of sp³-hybridized carbons (Fsp3) is 0.269. The van der Waals surface area contributed by atoms with Crippen LogP contribution in [0.5, 0.6) is 11.5 Å². The van der Waals surface area contributed by atoms with Crippen LogP contribution in [0.4, 0.5) is 17.1 Å². The summed E-state index contributed by atoms with van der Waals surface area (Å²) in [5, 5.41) is 11.5. The molecule has 1 saturated heterocycles. The normalized spacial score (nSPS) is 23.4. The number of hydrogen-bond donors (Lipinski definition) is 1. The molecular weight excluding hydrogens is 745 g/mol. The Hall–Kier alpha value is -6.38. The molecule has 60 heavy (non-hydrogen) atoms. The van der Waals surface area contributed by atoms with Crippen LogP contribution in [0.1, 0.15) is 75.8 Å². The van der Waals surface area contributed by atoms with Gasteiger partial charge in [0.1, 0.15) is 11.5 Å². The van der Waals surface area contributed by atoms with Crippen LogP contribution in [-0.4, -0.2) is 27.3 Å². The van der Waals surface area contributed by atoms with Gasteiger partial charge in [0.25, 0.3) is 5.69 Å². The fourth-order valence-corrected chi connectivity index (χ4v) is 10.1. The number of hydrogen-bond acceptors (Lipinski definition) is 7. The molecule has 2 N–H and O–H groups in total. The molecule has 0 radical (unpaired) electrons. The van der Waals surface area contributed by atoms with Crippen LogP contribution >= 0.6 is 0 Å². The van der Waals surface area contributed by atoms with Crippen molar-refractivity contribution in [2.45, 2.75) is 84.0 Å². The lowest BCUT2D eigenvalue weighted by Crippen LogP contribution is -2.59. The monoisotopic (exact) mass is 796 g/mol. The van der Waals surface area contributed by atoms with Gasteiger partial charge in [-0.1, -0.05) is 113 Å². The summed E-state index contributed by atoms with van der Waals surface area (Å²) >= 11 is 0. The summed E-state index contributed by atoms with van der Waals surface area (Å²) in [6, 6.07) is 37.1. The van der Waals surface area contributed by atoms with Crippen LogP contribution in [0.2, 0.25) is 0 Å². The quantitative estimate of drug-likeness (QED) is 0.104. The number of anilines is 2. The molecule has 0 aromatic heterocycles. The summed E-state index contributed by atoms with van der Waals surface area (Å²) in [6.07, 6.45) is 16.2. The number of ether oxygens (including phenoxy) is 2. The third-order valence-corrected chi connectivity index (χ3v) is 13.4. The molecule has 4 heterocycles. The summed E-state index contributed by atoms with van der Waals surface area (Å²) in [4.78, 5) is 16.0. The number of non-ortho nitro benzene ring substituents is 1. The first kappa shape index (κ1) is 39.1. The van der Waals surface area contributed by atoms with Gasteiger partial charge in [0.15, 0.2) is 5.72 Å². The van der Waals surface area contributed by atoms with Crippen molar-refractivity contribution in [3.8, 4) is 22.6 Å². The van der Waals surface area contributed by atoms with E-state index in [1.165, 1.54) is 22.8 Å². The Bertz CT molecular complexity index is 2620. The minimum Gasteiger partial charge on any atom is -0.467 e.